The second-order valence-corrected chi connectivity index (χ2v) is 7.13. The standard InChI is InChI=1S/C5H8BrI/c6-5(7)3-1-2-4-5/h1-4H2. The van der Waals surface area contributed by atoms with Crippen molar-refractivity contribution in [3.8, 4) is 0 Å². The average Bonchev–Trinajstić information content (AvgIpc) is 1.84. The molecule has 7 heavy (non-hydrogen) atoms. The molecule has 0 bridgehead atoms. The van der Waals surface area contributed by atoms with Crippen LogP contribution in [0.4, 0.5) is 0 Å². The smallest absolute Gasteiger partial charge is 0.0737 e. The van der Waals surface area contributed by atoms with E-state index in [0.717, 1.165) is 0 Å². The SMILES string of the molecule is BrC1(I)CCCC1. The summed E-state index contributed by atoms with van der Waals surface area (Å²) in [5, 5.41) is 0. The van der Waals surface area contributed by atoms with Crippen molar-refractivity contribution >= 4 is 38.5 Å². The largest absolute Gasteiger partial charge is 0.0770 e. The normalized spacial score (nSPS) is 28.3. The van der Waals surface area contributed by atoms with Gasteiger partial charge in [0, 0.05) is 0 Å². The predicted molar refractivity (Wildman–Crippen MR) is 44.1 cm³/mol. The average molecular weight is 275 g/mol. The molecule has 1 saturated carbocycles. The third kappa shape index (κ3) is 1.88. The first-order chi connectivity index (χ1) is 3.21. The van der Waals surface area contributed by atoms with Crippen LogP contribution in [0.2, 0.25) is 0 Å². The van der Waals surface area contributed by atoms with Gasteiger partial charge in [0.05, 0.1) is 2.33 Å². The van der Waals surface area contributed by atoms with Gasteiger partial charge in [0.15, 0.2) is 0 Å². The topological polar surface area (TPSA) is 0 Å². The van der Waals surface area contributed by atoms with Gasteiger partial charge in [0.25, 0.3) is 0 Å². The Bertz CT molecular complexity index is 62.5. The van der Waals surface area contributed by atoms with E-state index < -0.39 is 0 Å². The Hall–Kier alpha value is 1.21. The van der Waals surface area contributed by atoms with Crippen LogP contribution in [0.15, 0.2) is 0 Å². The summed E-state index contributed by atoms with van der Waals surface area (Å²) < 4.78 is 0.477. The highest BCUT2D eigenvalue weighted by Gasteiger charge is 2.26. The highest BCUT2D eigenvalue weighted by molar-refractivity contribution is 14.1. The van der Waals surface area contributed by atoms with Crippen LogP contribution in [-0.2, 0) is 0 Å². The molecule has 0 heterocycles. The maximum Gasteiger partial charge on any atom is 0.0770 e. The molecule has 0 aromatic rings. The Kier molecular flexibility index (Phi) is 2.00. The Morgan fingerprint density at radius 2 is 1.71 bits per heavy atom. The van der Waals surface area contributed by atoms with Crippen LogP contribution >= 0.6 is 38.5 Å². The van der Waals surface area contributed by atoms with Crippen LogP contribution in [0.3, 0.4) is 0 Å². The zero-order chi connectivity index (χ0) is 5.33. The molecule has 0 unspecified atom stereocenters. The summed E-state index contributed by atoms with van der Waals surface area (Å²) in [5.74, 6) is 0. The molecule has 0 N–H and O–H groups in total. The molecule has 0 saturated heterocycles. The summed E-state index contributed by atoms with van der Waals surface area (Å²) in [4.78, 5) is 0. The van der Waals surface area contributed by atoms with E-state index in [1.54, 1.807) is 0 Å². The minimum absolute atomic E-state index is 0.477. The monoisotopic (exact) mass is 274 g/mol. The van der Waals surface area contributed by atoms with Crippen LogP contribution < -0.4 is 0 Å². The van der Waals surface area contributed by atoms with Gasteiger partial charge in [-0.3, -0.25) is 0 Å². The van der Waals surface area contributed by atoms with Crippen molar-refractivity contribution in [2.75, 3.05) is 0 Å². The number of rotatable bonds is 0. The molecule has 1 aliphatic rings. The first-order valence-electron chi connectivity index (χ1n) is 2.59. The Morgan fingerprint density at radius 1 is 1.29 bits per heavy atom. The van der Waals surface area contributed by atoms with Crippen molar-refractivity contribution in [1.29, 1.82) is 0 Å². The summed E-state index contributed by atoms with van der Waals surface area (Å²) in [7, 11) is 0. The van der Waals surface area contributed by atoms with Gasteiger partial charge < -0.3 is 0 Å². The fourth-order valence-corrected chi connectivity index (χ4v) is 2.22. The molecule has 1 rings (SSSR count). The summed E-state index contributed by atoms with van der Waals surface area (Å²) >= 11 is 6.11. The third-order valence-electron chi connectivity index (χ3n) is 1.34. The molecule has 0 radical (unpaired) electrons. The minimum Gasteiger partial charge on any atom is -0.0737 e. The van der Waals surface area contributed by atoms with Gasteiger partial charge in [-0.1, -0.05) is 51.4 Å². The quantitative estimate of drug-likeness (QED) is 0.470. The third-order valence-corrected chi connectivity index (χ3v) is 3.21. The van der Waals surface area contributed by atoms with Gasteiger partial charge in [-0.25, -0.2) is 0 Å². The van der Waals surface area contributed by atoms with Crippen molar-refractivity contribution in [1.82, 2.24) is 0 Å². The van der Waals surface area contributed by atoms with E-state index in [1.165, 1.54) is 25.7 Å². The summed E-state index contributed by atoms with van der Waals surface area (Å²) in [6.07, 6.45) is 5.53. The number of hydrogen-bond donors (Lipinski definition) is 0. The van der Waals surface area contributed by atoms with Gasteiger partial charge in [-0.05, 0) is 12.8 Å². The second-order valence-electron chi connectivity index (χ2n) is 2.06. The molecular formula is C5H8BrI. The maximum atomic E-state index is 3.63. The predicted octanol–water partition coefficient (Wildman–Crippen LogP) is 3.09. The lowest BCUT2D eigenvalue weighted by Crippen LogP contribution is -2.00. The molecule has 2 heteroatoms. The van der Waals surface area contributed by atoms with Gasteiger partial charge in [-0.2, -0.15) is 0 Å². The van der Waals surface area contributed by atoms with Crippen LogP contribution in [0.5, 0.6) is 0 Å². The molecule has 42 valence electrons. The summed E-state index contributed by atoms with van der Waals surface area (Å²) in [6, 6.07) is 0. The van der Waals surface area contributed by atoms with E-state index in [0.29, 0.717) is 2.33 Å². The zero-order valence-electron chi connectivity index (χ0n) is 4.08. The Morgan fingerprint density at radius 3 is 1.86 bits per heavy atom. The first kappa shape index (κ1) is 6.33. The van der Waals surface area contributed by atoms with E-state index in [-0.39, 0.29) is 0 Å². The van der Waals surface area contributed by atoms with E-state index in [1.807, 2.05) is 0 Å². The molecule has 0 nitrogen and oxygen atoms in total. The Labute approximate surface area is 66.3 Å². The van der Waals surface area contributed by atoms with Gasteiger partial charge >= 0.3 is 0 Å². The molecule has 0 atom stereocenters. The highest BCUT2D eigenvalue weighted by atomic mass is 127. The van der Waals surface area contributed by atoms with Crippen LogP contribution in [-0.4, -0.2) is 2.33 Å². The molecule has 0 spiro atoms. The van der Waals surface area contributed by atoms with Crippen molar-refractivity contribution in [3.63, 3.8) is 0 Å². The van der Waals surface area contributed by atoms with Crippen LogP contribution in [0.1, 0.15) is 25.7 Å². The van der Waals surface area contributed by atoms with E-state index in [2.05, 4.69) is 38.5 Å². The summed E-state index contributed by atoms with van der Waals surface area (Å²) in [6.45, 7) is 0. The molecular weight excluding hydrogens is 267 g/mol. The van der Waals surface area contributed by atoms with Crippen molar-refractivity contribution < 1.29 is 0 Å². The number of alkyl halides is 2. The Balaban J connectivity index is 2.40. The number of halogens is 2. The van der Waals surface area contributed by atoms with Gasteiger partial charge in [0.2, 0.25) is 0 Å². The molecule has 1 fully saturated rings. The molecule has 0 amide bonds. The van der Waals surface area contributed by atoms with Crippen LogP contribution in [0.25, 0.3) is 0 Å². The van der Waals surface area contributed by atoms with Crippen molar-refractivity contribution in [2.45, 2.75) is 28.0 Å². The lowest BCUT2D eigenvalue weighted by molar-refractivity contribution is 0.886. The molecule has 0 aromatic heterocycles. The number of hydrogen-bond acceptors (Lipinski definition) is 0. The minimum atomic E-state index is 0.477. The molecule has 1 aliphatic carbocycles. The van der Waals surface area contributed by atoms with E-state index >= 15 is 0 Å². The van der Waals surface area contributed by atoms with Gasteiger partial charge in [0.1, 0.15) is 0 Å². The lowest BCUT2D eigenvalue weighted by atomic mass is 10.4. The van der Waals surface area contributed by atoms with Gasteiger partial charge in [-0.15, -0.1) is 0 Å². The van der Waals surface area contributed by atoms with Crippen molar-refractivity contribution in [3.05, 3.63) is 0 Å². The molecule has 0 aliphatic heterocycles. The van der Waals surface area contributed by atoms with E-state index in [9.17, 15) is 0 Å². The lowest BCUT2D eigenvalue weighted by Gasteiger charge is -2.08. The first-order valence-corrected chi connectivity index (χ1v) is 4.46. The summed E-state index contributed by atoms with van der Waals surface area (Å²) in [5.41, 5.74) is 0. The fourth-order valence-electron chi connectivity index (χ4n) is 0.892. The zero-order valence-corrected chi connectivity index (χ0v) is 7.83. The second kappa shape index (κ2) is 2.21. The fraction of sp³-hybridized carbons (Fsp3) is 1.00. The molecule has 0 aromatic carbocycles. The van der Waals surface area contributed by atoms with E-state index in [4.69, 9.17) is 0 Å². The maximum absolute atomic E-state index is 3.63. The van der Waals surface area contributed by atoms with Crippen molar-refractivity contribution in [2.24, 2.45) is 0 Å². The highest BCUT2D eigenvalue weighted by Crippen LogP contribution is 2.42. The van der Waals surface area contributed by atoms with Crippen LogP contribution in [0, 0.1) is 0 Å².